The number of hydrogen-bond donors (Lipinski definition) is 2. The van der Waals surface area contributed by atoms with Gasteiger partial charge in [0.2, 0.25) is 0 Å². The summed E-state index contributed by atoms with van der Waals surface area (Å²) < 4.78 is 29.1. The van der Waals surface area contributed by atoms with E-state index in [-0.39, 0.29) is 11.1 Å². The summed E-state index contributed by atoms with van der Waals surface area (Å²) in [6.07, 6.45) is 5.72. The second-order valence-corrected chi connectivity index (χ2v) is 6.92. The molecular weight excluding hydrogens is 386 g/mol. The number of hydrogen-bond acceptors (Lipinski definition) is 3. The Labute approximate surface area is 171 Å². The Morgan fingerprint density at radius 3 is 2.73 bits per heavy atom. The minimum absolute atomic E-state index is 0.176. The van der Waals surface area contributed by atoms with Crippen molar-refractivity contribution < 1.29 is 8.78 Å². The number of rotatable bonds is 4. The SMILES string of the molecule is C/C=C(\C=C/CN)c1ccc2c(=O)n3nc(C)c(-c4ccc(F)cc4F)c3[nH]c2c1. The van der Waals surface area contributed by atoms with Crippen LogP contribution in [-0.2, 0) is 0 Å². The van der Waals surface area contributed by atoms with Gasteiger partial charge < -0.3 is 10.7 Å². The van der Waals surface area contributed by atoms with Gasteiger partial charge in [0.1, 0.15) is 17.3 Å². The van der Waals surface area contributed by atoms with Gasteiger partial charge in [0.15, 0.2) is 0 Å². The van der Waals surface area contributed by atoms with Crippen LogP contribution >= 0.6 is 0 Å². The third kappa shape index (κ3) is 3.23. The van der Waals surface area contributed by atoms with Crippen molar-refractivity contribution in [2.75, 3.05) is 6.54 Å². The zero-order valence-electron chi connectivity index (χ0n) is 16.5. The lowest BCUT2D eigenvalue weighted by Gasteiger charge is -2.07. The topological polar surface area (TPSA) is 76.2 Å². The Morgan fingerprint density at radius 2 is 2.03 bits per heavy atom. The molecule has 2 aromatic carbocycles. The van der Waals surface area contributed by atoms with E-state index in [0.717, 1.165) is 17.2 Å². The molecule has 0 atom stereocenters. The van der Waals surface area contributed by atoms with E-state index in [1.807, 2.05) is 37.3 Å². The van der Waals surface area contributed by atoms with Gasteiger partial charge in [-0.3, -0.25) is 4.79 Å². The molecule has 152 valence electrons. The van der Waals surface area contributed by atoms with Crippen LogP contribution in [0.4, 0.5) is 8.78 Å². The fourth-order valence-electron chi connectivity index (χ4n) is 3.61. The average molecular weight is 406 g/mol. The highest BCUT2D eigenvalue weighted by atomic mass is 19.1. The summed E-state index contributed by atoms with van der Waals surface area (Å²) >= 11 is 0. The molecule has 0 aliphatic heterocycles. The maximum atomic E-state index is 14.5. The molecule has 0 amide bonds. The normalized spacial score (nSPS) is 12.5. The Kier molecular flexibility index (Phi) is 5.05. The van der Waals surface area contributed by atoms with E-state index in [0.29, 0.717) is 34.4 Å². The Hall–Kier alpha value is -3.58. The largest absolute Gasteiger partial charge is 0.339 e. The van der Waals surface area contributed by atoms with Gasteiger partial charge in [-0.05, 0) is 49.2 Å². The van der Waals surface area contributed by atoms with Crippen molar-refractivity contribution in [1.82, 2.24) is 14.6 Å². The molecule has 0 radical (unpaired) electrons. The van der Waals surface area contributed by atoms with E-state index in [9.17, 15) is 13.6 Å². The van der Waals surface area contributed by atoms with Gasteiger partial charge in [0.05, 0.1) is 22.2 Å². The zero-order valence-corrected chi connectivity index (χ0v) is 16.5. The highest BCUT2D eigenvalue weighted by molar-refractivity contribution is 5.89. The first-order valence-electron chi connectivity index (χ1n) is 9.48. The van der Waals surface area contributed by atoms with Crippen molar-refractivity contribution in [3.63, 3.8) is 0 Å². The van der Waals surface area contributed by atoms with Gasteiger partial charge in [-0.25, -0.2) is 8.78 Å². The number of aromatic amines is 1. The number of H-pyrrole nitrogens is 1. The number of nitrogens with zero attached hydrogens (tertiary/aromatic N) is 2. The molecule has 5 nitrogen and oxygen atoms in total. The highest BCUT2D eigenvalue weighted by Gasteiger charge is 2.19. The van der Waals surface area contributed by atoms with Crippen LogP contribution in [-0.4, -0.2) is 21.1 Å². The number of halogens is 2. The first-order chi connectivity index (χ1) is 14.4. The van der Waals surface area contributed by atoms with Gasteiger partial charge in [-0.15, -0.1) is 0 Å². The van der Waals surface area contributed by atoms with Crippen molar-refractivity contribution in [2.24, 2.45) is 5.73 Å². The quantitative estimate of drug-likeness (QED) is 0.495. The van der Waals surface area contributed by atoms with Gasteiger partial charge in [-0.2, -0.15) is 9.61 Å². The van der Waals surface area contributed by atoms with E-state index in [4.69, 9.17) is 5.73 Å². The standard InChI is InChI=1S/C23H20F2N4O/c1-3-14(5-4-10-26)15-6-8-18-20(11-15)27-22-21(13(2)28-29(22)23(18)30)17-9-7-16(24)12-19(17)25/h3-9,11-12,27H,10,26H2,1-2H3/b5-4-,14-3+. The van der Waals surface area contributed by atoms with E-state index in [2.05, 4.69) is 10.1 Å². The minimum atomic E-state index is -0.717. The van der Waals surface area contributed by atoms with E-state index in [1.54, 1.807) is 13.0 Å². The maximum absolute atomic E-state index is 14.5. The molecule has 3 N–H and O–H groups in total. The van der Waals surface area contributed by atoms with Gasteiger partial charge in [0.25, 0.3) is 5.56 Å². The first kappa shape index (κ1) is 19.7. The number of aromatic nitrogens is 3. The third-order valence-corrected chi connectivity index (χ3v) is 5.03. The third-order valence-electron chi connectivity index (χ3n) is 5.03. The van der Waals surface area contributed by atoms with Crippen molar-refractivity contribution in [2.45, 2.75) is 13.8 Å². The Bertz CT molecular complexity index is 1400. The predicted molar refractivity (Wildman–Crippen MR) is 115 cm³/mol. The fourth-order valence-corrected chi connectivity index (χ4v) is 3.61. The molecule has 4 rings (SSSR count). The summed E-state index contributed by atoms with van der Waals surface area (Å²) in [6, 6.07) is 8.80. The van der Waals surface area contributed by atoms with E-state index < -0.39 is 11.6 Å². The number of benzene rings is 2. The second-order valence-electron chi connectivity index (χ2n) is 6.92. The van der Waals surface area contributed by atoms with Crippen LogP contribution < -0.4 is 11.3 Å². The number of fused-ring (bicyclic) bond motifs is 2. The predicted octanol–water partition coefficient (Wildman–Crippen LogP) is 4.35. The van der Waals surface area contributed by atoms with Crippen molar-refractivity contribution >= 4 is 22.1 Å². The van der Waals surface area contributed by atoms with Crippen molar-refractivity contribution in [3.05, 3.63) is 87.9 Å². The van der Waals surface area contributed by atoms with Crippen molar-refractivity contribution in [1.29, 1.82) is 0 Å². The van der Waals surface area contributed by atoms with E-state index >= 15 is 0 Å². The van der Waals surface area contributed by atoms with Crippen LogP contribution in [0.1, 0.15) is 18.2 Å². The molecule has 0 aliphatic carbocycles. The lowest BCUT2D eigenvalue weighted by molar-refractivity contribution is 0.585. The molecule has 0 fully saturated rings. The van der Waals surface area contributed by atoms with Crippen LogP contribution in [0.15, 0.2) is 59.4 Å². The molecule has 4 aromatic rings. The summed E-state index contributed by atoms with van der Waals surface area (Å²) in [5.74, 6) is -1.39. The monoisotopic (exact) mass is 406 g/mol. The first-order valence-corrected chi connectivity index (χ1v) is 9.48. The Morgan fingerprint density at radius 1 is 1.23 bits per heavy atom. The molecule has 0 spiro atoms. The second kappa shape index (κ2) is 7.68. The number of aryl methyl sites for hydroxylation is 1. The molecule has 0 unspecified atom stereocenters. The minimum Gasteiger partial charge on any atom is -0.339 e. The summed E-state index contributed by atoms with van der Waals surface area (Å²) in [5, 5.41) is 4.75. The molecule has 2 aromatic heterocycles. The summed E-state index contributed by atoms with van der Waals surface area (Å²) in [6.45, 7) is 4.02. The van der Waals surface area contributed by atoms with Crippen molar-refractivity contribution in [3.8, 4) is 11.1 Å². The van der Waals surface area contributed by atoms with Gasteiger partial charge in [-0.1, -0.05) is 24.3 Å². The highest BCUT2D eigenvalue weighted by Crippen LogP contribution is 2.30. The smallest absolute Gasteiger partial charge is 0.282 e. The van der Waals surface area contributed by atoms with E-state index in [1.165, 1.54) is 16.6 Å². The summed E-state index contributed by atoms with van der Waals surface area (Å²) in [7, 11) is 0. The van der Waals surface area contributed by atoms with Gasteiger partial charge in [0, 0.05) is 18.2 Å². The van der Waals surface area contributed by atoms with Crippen LogP contribution in [0, 0.1) is 18.6 Å². The van der Waals surface area contributed by atoms with Crippen LogP contribution in [0.2, 0.25) is 0 Å². The molecule has 2 heterocycles. The lowest BCUT2D eigenvalue weighted by atomic mass is 10.0. The summed E-state index contributed by atoms with van der Waals surface area (Å²) in [4.78, 5) is 16.2. The summed E-state index contributed by atoms with van der Waals surface area (Å²) in [5.41, 5.74) is 9.10. The maximum Gasteiger partial charge on any atom is 0.282 e. The molecule has 0 bridgehead atoms. The molecule has 0 saturated heterocycles. The fraction of sp³-hybridized carbons (Fsp3) is 0.130. The zero-order chi connectivity index (χ0) is 21.4. The molecule has 7 heteroatoms. The lowest BCUT2D eigenvalue weighted by Crippen LogP contribution is -2.15. The van der Waals surface area contributed by atoms with Crippen LogP contribution in [0.3, 0.4) is 0 Å². The molecule has 0 saturated carbocycles. The number of nitrogens with two attached hydrogens (primary N) is 1. The average Bonchev–Trinajstić information content (AvgIpc) is 3.05. The number of nitrogens with one attached hydrogen (secondary N) is 1. The molecule has 30 heavy (non-hydrogen) atoms. The van der Waals surface area contributed by atoms with Crippen LogP contribution in [0.25, 0.3) is 33.3 Å². The molecular formula is C23H20F2N4O. The van der Waals surface area contributed by atoms with Gasteiger partial charge >= 0.3 is 0 Å². The van der Waals surface area contributed by atoms with Crippen LogP contribution in [0.5, 0.6) is 0 Å². The Balaban J connectivity index is 2.00. The number of allylic oxidation sites excluding steroid dienone is 3. The molecule has 0 aliphatic rings.